The first-order valence-corrected chi connectivity index (χ1v) is 0.671. The van der Waals surface area contributed by atoms with E-state index in [4.69, 9.17) is 35.5 Å². The molecule has 0 radical (unpaired) electrons. The van der Waals surface area contributed by atoms with E-state index in [1.54, 1.807) is 0 Å². The Labute approximate surface area is 74.7 Å². The van der Waals surface area contributed by atoms with E-state index in [0.29, 0.717) is 0 Å². The van der Waals surface area contributed by atoms with Crippen LogP contribution in [0.2, 0.25) is 0 Å². The van der Waals surface area contributed by atoms with Crippen molar-refractivity contribution in [3.63, 3.8) is 0 Å². The molecular weight excluding hydrogens is 323 g/mol. The molecule has 0 atom stereocenters. The second-order valence-electron chi connectivity index (χ2n) is 0. The van der Waals surface area contributed by atoms with Crippen molar-refractivity contribution >= 4 is 0 Å². The van der Waals surface area contributed by atoms with E-state index < -0.39 is 0 Å². The minimum atomic E-state index is 0. The summed E-state index contributed by atoms with van der Waals surface area (Å²) in [7, 11) is 0. The van der Waals surface area contributed by atoms with Gasteiger partial charge in [0.15, 0.2) is 0 Å². The van der Waals surface area contributed by atoms with Crippen molar-refractivity contribution in [3.05, 3.63) is 19.7 Å². The van der Waals surface area contributed by atoms with Crippen LogP contribution >= 0.6 is 0 Å². The molecule has 0 aliphatic rings. The van der Waals surface area contributed by atoms with E-state index >= 15 is 0 Å². The number of rotatable bonds is 0. The van der Waals surface area contributed by atoms with Gasteiger partial charge >= 0.3 is 22.4 Å². The zero-order valence-corrected chi connectivity index (χ0v) is 6.81. The zero-order chi connectivity index (χ0) is 6.00. The van der Waals surface area contributed by atoms with Crippen LogP contribution in [0.1, 0.15) is 0 Å². The quantitative estimate of drug-likeness (QED) is 0.364. The fourth-order valence-electron chi connectivity index (χ4n) is 0. The molecule has 0 fully saturated rings. The number of hydrogen-bond acceptors (Lipinski definition) is 3. The molecule has 6 N–H and O–H groups in total. The van der Waals surface area contributed by atoms with Crippen molar-refractivity contribution in [1.29, 1.82) is 15.8 Å². The average Bonchev–Trinajstić information content (AvgIpc) is 1.81. The van der Waals surface area contributed by atoms with Crippen molar-refractivity contribution in [3.8, 4) is 0 Å². The van der Waals surface area contributed by atoms with Gasteiger partial charge in [-0.3, -0.25) is 0 Å². The van der Waals surface area contributed by atoms with Crippen LogP contribution in [0.4, 0.5) is 0 Å². The third kappa shape index (κ3) is 318. The Morgan fingerprint density at radius 1 is 0.500 bits per heavy atom. The molecule has 0 spiro atoms. The zero-order valence-electron chi connectivity index (χ0n) is 4.64. The van der Waals surface area contributed by atoms with Gasteiger partial charge in [-0.1, -0.05) is 0 Å². The van der Waals surface area contributed by atoms with Gasteiger partial charge in [-0.05, 0) is 0 Å². The van der Waals surface area contributed by atoms with Crippen LogP contribution in [0.5, 0.6) is 0 Å². The fraction of sp³-hybridized carbons (Fsp3) is 0. The van der Waals surface area contributed by atoms with Gasteiger partial charge in [-0.25, -0.2) is 0 Å². The molecule has 0 unspecified atom stereocenters. The summed E-state index contributed by atoms with van der Waals surface area (Å²) in [5, 5.41) is 18.8. The molecule has 0 aliphatic carbocycles. The summed E-state index contributed by atoms with van der Waals surface area (Å²) >= 11 is 0. The summed E-state index contributed by atoms with van der Waals surface area (Å²) < 4.78 is 0. The van der Waals surface area contributed by atoms with Crippen molar-refractivity contribution in [2.75, 3.05) is 0 Å². The summed E-state index contributed by atoms with van der Waals surface area (Å²) in [5.41, 5.74) is 0. The summed E-state index contributed by atoms with van der Waals surface area (Å²) in [6, 6.07) is 0. The molecule has 0 rings (SSSR count). The average molecular weight is 329 g/mol. The Balaban J connectivity index is -0.00000000225. The molecule has 7 heteroatoms. The predicted octanol–water partition coefficient (Wildman–Crippen LogP) is -2.19. The SMILES string of the molecule is O.O.O.[Au+3].[C-]#N.[C-]#N.[C-]#N. The smallest absolute Gasteiger partial charge is 0.512 e. The van der Waals surface area contributed by atoms with Gasteiger partial charge in [-0.15, -0.1) is 0 Å². The van der Waals surface area contributed by atoms with E-state index in [2.05, 4.69) is 0 Å². The van der Waals surface area contributed by atoms with Crippen LogP contribution in [0, 0.1) is 35.5 Å². The van der Waals surface area contributed by atoms with Crippen LogP contribution in [0.25, 0.3) is 0 Å². The third-order valence-electron chi connectivity index (χ3n) is 0. The summed E-state index contributed by atoms with van der Waals surface area (Å²) in [4.78, 5) is 0. The van der Waals surface area contributed by atoms with Crippen molar-refractivity contribution < 1.29 is 38.8 Å². The van der Waals surface area contributed by atoms with E-state index in [0.717, 1.165) is 0 Å². The monoisotopic (exact) mass is 329 g/mol. The second-order valence-corrected chi connectivity index (χ2v) is 0. The van der Waals surface area contributed by atoms with Crippen molar-refractivity contribution in [1.82, 2.24) is 0 Å². The topological polar surface area (TPSA) is 166 Å². The van der Waals surface area contributed by atoms with E-state index in [9.17, 15) is 0 Å². The summed E-state index contributed by atoms with van der Waals surface area (Å²) in [5.74, 6) is 0. The maximum Gasteiger partial charge on any atom is 3.00 e. The Morgan fingerprint density at radius 3 is 0.500 bits per heavy atom. The molecular formula is C3H6AuN3O3. The van der Waals surface area contributed by atoms with Gasteiger partial charge in [0.1, 0.15) is 0 Å². The van der Waals surface area contributed by atoms with Crippen molar-refractivity contribution in [2.45, 2.75) is 0 Å². The number of nitrogens with zero attached hydrogens (tertiary/aromatic N) is 3. The summed E-state index contributed by atoms with van der Waals surface area (Å²) in [6.07, 6.45) is 0. The summed E-state index contributed by atoms with van der Waals surface area (Å²) in [6.45, 7) is 14.2. The van der Waals surface area contributed by atoms with Crippen LogP contribution < -0.4 is 0 Å². The molecule has 0 saturated carbocycles. The van der Waals surface area contributed by atoms with Gasteiger partial charge in [0.05, 0.1) is 0 Å². The van der Waals surface area contributed by atoms with Crippen LogP contribution in [0.15, 0.2) is 0 Å². The first-order chi connectivity index (χ1) is 3.00. The van der Waals surface area contributed by atoms with Crippen LogP contribution in [-0.2, 0) is 22.4 Å². The molecule has 0 saturated heterocycles. The van der Waals surface area contributed by atoms with Gasteiger partial charge in [0.2, 0.25) is 0 Å². The fourth-order valence-corrected chi connectivity index (χ4v) is 0. The van der Waals surface area contributed by atoms with Crippen LogP contribution in [0.3, 0.4) is 0 Å². The standard InChI is InChI=1S/3CN.Au.3H2O/c3*1-2;;;;/h;;;;3*1H2/q3*-1;+3;;;. The molecule has 0 amide bonds. The molecule has 0 aliphatic heterocycles. The van der Waals surface area contributed by atoms with E-state index in [-0.39, 0.29) is 38.8 Å². The Morgan fingerprint density at radius 2 is 0.500 bits per heavy atom. The first kappa shape index (κ1) is 136. The third-order valence-corrected chi connectivity index (χ3v) is 0. The molecule has 0 bridgehead atoms. The molecule has 0 heterocycles. The molecule has 0 aromatic carbocycles. The normalized spacial score (nSPS) is 0.600. The van der Waals surface area contributed by atoms with Gasteiger partial charge in [0, 0.05) is 0 Å². The largest absolute Gasteiger partial charge is 3.00 e. The number of hydrogen-bond donors (Lipinski definition) is 0. The van der Waals surface area contributed by atoms with Gasteiger partial charge < -0.3 is 51.9 Å². The second kappa shape index (κ2) is 491. The Hall–Kier alpha value is -0.910. The first-order valence-electron chi connectivity index (χ1n) is 0.671. The Kier molecular flexibility index (Phi) is 6690. The van der Waals surface area contributed by atoms with Crippen molar-refractivity contribution in [2.24, 2.45) is 0 Å². The van der Waals surface area contributed by atoms with Crippen LogP contribution in [-0.4, -0.2) is 16.4 Å². The Bertz CT molecular complexity index is 47.5. The predicted molar refractivity (Wildman–Crippen MR) is 25.7 cm³/mol. The van der Waals surface area contributed by atoms with E-state index in [1.807, 2.05) is 0 Å². The molecule has 0 aromatic rings. The van der Waals surface area contributed by atoms with Gasteiger partial charge in [-0.2, -0.15) is 0 Å². The molecule has 62 valence electrons. The maximum absolute atomic E-state index is 6.25. The van der Waals surface area contributed by atoms with Gasteiger partial charge in [0.25, 0.3) is 0 Å². The molecule has 10 heavy (non-hydrogen) atoms. The molecule has 6 nitrogen and oxygen atoms in total. The minimum Gasteiger partial charge on any atom is -0.512 e. The van der Waals surface area contributed by atoms with E-state index in [1.165, 1.54) is 0 Å². The maximum atomic E-state index is 6.25. The molecule has 0 aromatic heterocycles. The minimum absolute atomic E-state index is 0.